The van der Waals surface area contributed by atoms with Crippen molar-refractivity contribution in [3.8, 4) is 27.9 Å². The molecule has 0 saturated carbocycles. The monoisotopic (exact) mass is 718 g/mol. The van der Waals surface area contributed by atoms with E-state index < -0.39 is 0 Å². The number of anilines is 3. The van der Waals surface area contributed by atoms with Crippen LogP contribution in [-0.2, 0) is 0 Å². The fraction of sp³-hybridized carbons (Fsp3) is 0. The van der Waals surface area contributed by atoms with Gasteiger partial charge in [0.1, 0.15) is 0 Å². The fourth-order valence-corrected chi connectivity index (χ4v) is 9.78. The zero-order valence-electron chi connectivity index (χ0n) is 29.9. The van der Waals surface area contributed by atoms with Crippen molar-refractivity contribution >= 4 is 81.1 Å². The number of nitrogens with zero attached hydrogens (tertiary/aromatic N) is 2. The van der Waals surface area contributed by atoms with Crippen molar-refractivity contribution < 1.29 is 0 Å². The summed E-state index contributed by atoms with van der Waals surface area (Å²) in [5.74, 6) is 0. The molecule has 9 aromatic carbocycles. The number of rotatable bonds is 6. The van der Waals surface area contributed by atoms with Gasteiger partial charge in [0, 0.05) is 58.7 Å². The molecule has 0 aliphatic carbocycles. The second-order valence-electron chi connectivity index (χ2n) is 14.1. The van der Waals surface area contributed by atoms with E-state index in [1.54, 1.807) is 0 Å². The van der Waals surface area contributed by atoms with E-state index >= 15 is 0 Å². The maximum absolute atomic E-state index is 2.45. The molecule has 3 heteroatoms. The minimum Gasteiger partial charge on any atom is -0.309 e. The molecular formula is C52H34N2S. The maximum Gasteiger partial charge on any atom is 0.0541 e. The Morgan fingerprint density at radius 1 is 0.364 bits per heavy atom. The molecule has 11 aromatic rings. The third kappa shape index (κ3) is 5.09. The van der Waals surface area contributed by atoms with Crippen molar-refractivity contribution in [1.29, 1.82) is 0 Å². The van der Waals surface area contributed by atoms with Crippen LogP contribution in [0.25, 0.3) is 80.7 Å². The quantitative estimate of drug-likeness (QED) is 0.166. The summed E-state index contributed by atoms with van der Waals surface area (Å²) in [6.07, 6.45) is 0. The standard InChI is InChI=1S/C52H34N2S/c1-2-17-38-35(15-1)16-13-29-46(38)53(48-26-9-6-21-42(48)44-23-14-24-45-43-22-7-12-30-51(43)55-52(44)45)37-33-31-36(32-34-37)39-18-3-8-25-47(39)54-49-27-10-4-19-40(49)41-20-5-11-28-50(41)54/h1-34H. The minimum atomic E-state index is 1.10. The lowest BCUT2D eigenvalue weighted by molar-refractivity contribution is 1.18. The summed E-state index contributed by atoms with van der Waals surface area (Å²) in [7, 11) is 0. The fourth-order valence-electron chi connectivity index (χ4n) is 8.55. The number of para-hydroxylation sites is 4. The summed E-state index contributed by atoms with van der Waals surface area (Å²) in [5.41, 5.74) is 11.8. The van der Waals surface area contributed by atoms with Gasteiger partial charge in [0.25, 0.3) is 0 Å². The molecule has 0 spiro atoms. The Morgan fingerprint density at radius 2 is 0.909 bits per heavy atom. The largest absolute Gasteiger partial charge is 0.309 e. The second-order valence-corrected chi connectivity index (χ2v) is 15.1. The molecule has 55 heavy (non-hydrogen) atoms. The Hall–Kier alpha value is -6.94. The molecule has 0 amide bonds. The van der Waals surface area contributed by atoms with E-state index in [-0.39, 0.29) is 0 Å². The van der Waals surface area contributed by atoms with Gasteiger partial charge in [-0.25, -0.2) is 0 Å². The number of thiophene rings is 1. The molecule has 0 radical (unpaired) electrons. The van der Waals surface area contributed by atoms with E-state index in [1.807, 2.05) is 11.3 Å². The molecule has 0 bridgehead atoms. The van der Waals surface area contributed by atoms with Crippen LogP contribution in [0.4, 0.5) is 17.1 Å². The Kier molecular flexibility index (Phi) is 7.39. The van der Waals surface area contributed by atoms with Crippen molar-refractivity contribution in [2.45, 2.75) is 0 Å². The summed E-state index contributed by atoms with van der Waals surface area (Å²) < 4.78 is 5.04. The van der Waals surface area contributed by atoms with Gasteiger partial charge in [-0.1, -0.05) is 158 Å². The molecule has 2 nitrogen and oxygen atoms in total. The maximum atomic E-state index is 2.45. The van der Waals surface area contributed by atoms with Gasteiger partial charge in [0.2, 0.25) is 0 Å². The molecule has 0 saturated heterocycles. The topological polar surface area (TPSA) is 8.17 Å². The summed E-state index contributed by atoms with van der Waals surface area (Å²) >= 11 is 1.88. The van der Waals surface area contributed by atoms with E-state index in [1.165, 1.54) is 80.7 Å². The zero-order chi connectivity index (χ0) is 36.3. The van der Waals surface area contributed by atoms with E-state index in [9.17, 15) is 0 Å². The predicted molar refractivity (Wildman–Crippen MR) is 237 cm³/mol. The number of hydrogen-bond donors (Lipinski definition) is 0. The first-order valence-electron chi connectivity index (χ1n) is 18.8. The molecule has 0 unspecified atom stereocenters. The van der Waals surface area contributed by atoms with Gasteiger partial charge in [-0.2, -0.15) is 0 Å². The van der Waals surface area contributed by atoms with Gasteiger partial charge in [-0.3, -0.25) is 0 Å². The highest BCUT2D eigenvalue weighted by Crippen LogP contribution is 2.47. The van der Waals surface area contributed by atoms with Gasteiger partial charge < -0.3 is 9.47 Å². The first-order valence-corrected chi connectivity index (χ1v) is 19.6. The SMILES string of the molecule is c1ccc(N(c2ccc(-c3ccccc3-n3c4ccccc4c4ccccc43)cc2)c2cccc3ccccc23)c(-c2cccc3c2sc2ccccc23)c1. The van der Waals surface area contributed by atoms with E-state index in [4.69, 9.17) is 0 Å². The van der Waals surface area contributed by atoms with E-state index in [0.29, 0.717) is 0 Å². The molecule has 11 rings (SSSR count). The van der Waals surface area contributed by atoms with Crippen molar-refractivity contribution in [2.75, 3.05) is 4.90 Å². The lowest BCUT2D eigenvalue weighted by Gasteiger charge is -2.29. The molecule has 0 aliphatic rings. The molecule has 0 fully saturated rings. The lowest BCUT2D eigenvalue weighted by Crippen LogP contribution is -2.11. The second kappa shape index (κ2) is 12.9. The first-order chi connectivity index (χ1) is 27.3. The molecule has 2 aromatic heterocycles. The Morgan fingerprint density at radius 3 is 1.71 bits per heavy atom. The van der Waals surface area contributed by atoms with Crippen LogP contribution in [0, 0.1) is 0 Å². The van der Waals surface area contributed by atoms with Crippen LogP contribution in [0.5, 0.6) is 0 Å². The molecule has 258 valence electrons. The van der Waals surface area contributed by atoms with Gasteiger partial charge in [-0.05, 0) is 59.5 Å². The van der Waals surface area contributed by atoms with Crippen LogP contribution in [0.15, 0.2) is 206 Å². The van der Waals surface area contributed by atoms with Crippen LogP contribution >= 0.6 is 11.3 Å². The third-order valence-corrected chi connectivity index (χ3v) is 12.2. The number of hydrogen-bond acceptors (Lipinski definition) is 2. The lowest BCUT2D eigenvalue weighted by atomic mass is 9.98. The van der Waals surface area contributed by atoms with Crippen molar-refractivity contribution in [2.24, 2.45) is 0 Å². The summed E-state index contributed by atoms with van der Waals surface area (Å²) in [6, 6.07) is 75.1. The van der Waals surface area contributed by atoms with Gasteiger partial charge in [0.15, 0.2) is 0 Å². The molecule has 2 heterocycles. The van der Waals surface area contributed by atoms with E-state index in [0.717, 1.165) is 17.1 Å². The van der Waals surface area contributed by atoms with Crippen LogP contribution in [0.1, 0.15) is 0 Å². The minimum absolute atomic E-state index is 1.10. The third-order valence-electron chi connectivity index (χ3n) is 11.0. The molecular weight excluding hydrogens is 685 g/mol. The molecule has 0 atom stereocenters. The Balaban J connectivity index is 1.10. The van der Waals surface area contributed by atoms with Gasteiger partial charge in [0.05, 0.1) is 28.1 Å². The summed E-state index contributed by atoms with van der Waals surface area (Å²) in [5, 5.41) is 7.56. The normalized spacial score (nSPS) is 11.6. The number of fused-ring (bicyclic) bond motifs is 7. The highest BCUT2D eigenvalue weighted by molar-refractivity contribution is 7.26. The predicted octanol–water partition coefficient (Wildman–Crippen LogP) is 15.1. The zero-order valence-corrected chi connectivity index (χ0v) is 30.7. The molecule has 0 N–H and O–H groups in total. The van der Waals surface area contributed by atoms with Crippen LogP contribution in [-0.4, -0.2) is 4.57 Å². The average Bonchev–Trinajstić information content (AvgIpc) is 3.81. The van der Waals surface area contributed by atoms with Crippen LogP contribution < -0.4 is 4.90 Å². The Bertz CT molecular complexity index is 3160. The van der Waals surface area contributed by atoms with Crippen molar-refractivity contribution in [3.63, 3.8) is 0 Å². The summed E-state index contributed by atoms with van der Waals surface area (Å²) in [6.45, 7) is 0. The summed E-state index contributed by atoms with van der Waals surface area (Å²) in [4.78, 5) is 2.45. The van der Waals surface area contributed by atoms with Gasteiger partial charge >= 0.3 is 0 Å². The van der Waals surface area contributed by atoms with Gasteiger partial charge in [-0.15, -0.1) is 11.3 Å². The van der Waals surface area contributed by atoms with Crippen LogP contribution in [0.2, 0.25) is 0 Å². The number of aromatic nitrogens is 1. The highest BCUT2D eigenvalue weighted by Gasteiger charge is 2.22. The highest BCUT2D eigenvalue weighted by atomic mass is 32.1. The van der Waals surface area contributed by atoms with Crippen molar-refractivity contribution in [3.05, 3.63) is 206 Å². The first kappa shape index (κ1) is 31.6. The number of benzene rings is 9. The smallest absolute Gasteiger partial charge is 0.0541 e. The average molecular weight is 719 g/mol. The van der Waals surface area contributed by atoms with Crippen molar-refractivity contribution in [1.82, 2.24) is 4.57 Å². The van der Waals surface area contributed by atoms with Crippen LogP contribution in [0.3, 0.4) is 0 Å². The van der Waals surface area contributed by atoms with E-state index in [2.05, 4.69) is 216 Å². The Labute approximate surface area is 323 Å². The molecule has 0 aliphatic heterocycles.